The summed E-state index contributed by atoms with van der Waals surface area (Å²) in [5, 5.41) is 1.39. The molecule has 1 spiro atoms. The van der Waals surface area contributed by atoms with Crippen LogP contribution >= 0.6 is 0 Å². The van der Waals surface area contributed by atoms with Crippen LogP contribution in [0.25, 0.3) is 0 Å². The Morgan fingerprint density at radius 2 is 2.23 bits per heavy atom. The number of hydrogen-bond acceptors (Lipinski definition) is 3. The first-order valence-electron chi connectivity index (χ1n) is 4.28. The first-order chi connectivity index (χ1) is 5.93. The van der Waals surface area contributed by atoms with Gasteiger partial charge in [-0.3, -0.25) is 0 Å². The second-order valence-corrected chi connectivity index (χ2v) is 6.11. The Kier molecular flexibility index (Phi) is 1.05. The van der Waals surface area contributed by atoms with E-state index in [9.17, 15) is 8.42 Å². The van der Waals surface area contributed by atoms with Crippen molar-refractivity contribution in [3.05, 3.63) is 23.1 Å². The van der Waals surface area contributed by atoms with Crippen LogP contribution in [0.1, 0.15) is 13.3 Å². The van der Waals surface area contributed by atoms with Crippen molar-refractivity contribution >= 4 is 9.84 Å². The normalized spacial score (nSPS) is 49.5. The monoisotopic (exact) mass is 198 g/mol. The standard InChI is InChI=1S/C9H10O3S/c1-8-2-3-9(12-8)6-13(10,11)5-7(9)4-8/h2-3,5H,4,6H2,1H3. The fraction of sp³-hybridized carbons (Fsp3) is 0.556. The topological polar surface area (TPSA) is 43.4 Å². The third-order valence-electron chi connectivity index (χ3n) is 2.94. The number of ether oxygens (including phenoxy) is 1. The van der Waals surface area contributed by atoms with Gasteiger partial charge in [0.15, 0.2) is 9.84 Å². The highest BCUT2D eigenvalue weighted by molar-refractivity contribution is 7.94. The maximum absolute atomic E-state index is 11.3. The molecule has 0 saturated carbocycles. The molecule has 0 N–H and O–H groups in total. The van der Waals surface area contributed by atoms with Crippen LogP contribution in [0, 0.1) is 0 Å². The van der Waals surface area contributed by atoms with Gasteiger partial charge in [-0.25, -0.2) is 8.42 Å². The molecule has 0 radical (unpaired) electrons. The lowest BCUT2D eigenvalue weighted by atomic mass is 9.87. The van der Waals surface area contributed by atoms with Crippen LogP contribution in [0.15, 0.2) is 23.1 Å². The molecule has 3 aliphatic rings. The number of hydrogen-bond donors (Lipinski definition) is 0. The maximum Gasteiger partial charge on any atom is 0.175 e. The first kappa shape index (κ1) is 7.76. The third-order valence-corrected chi connectivity index (χ3v) is 4.42. The highest BCUT2D eigenvalue weighted by Gasteiger charge is 2.57. The van der Waals surface area contributed by atoms with Crippen molar-refractivity contribution in [3.63, 3.8) is 0 Å². The van der Waals surface area contributed by atoms with Crippen LogP contribution in [-0.4, -0.2) is 25.4 Å². The van der Waals surface area contributed by atoms with Gasteiger partial charge in [0, 0.05) is 11.8 Å². The summed E-state index contributed by atoms with van der Waals surface area (Å²) < 4.78 is 28.4. The lowest BCUT2D eigenvalue weighted by Gasteiger charge is -2.18. The average molecular weight is 198 g/mol. The minimum atomic E-state index is -3.01. The van der Waals surface area contributed by atoms with Crippen molar-refractivity contribution in [3.8, 4) is 0 Å². The van der Waals surface area contributed by atoms with Gasteiger partial charge in [-0.2, -0.15) is 0 Å². The van der Waals surface area contributed by atoms with E-state index in [1.807, 2.05) is 19.1 Å². The Bertz CT molecular complexity index is 445. The molecule has 2 atom stereocenters. The summed E-state index contributed by atoms with van der Waals surface area (Å²) >= 11 is 0. The molecule has 0 amide bonds. The molecule has 13 heavy (non-hydrogen) atoms. The van der Waals surface area contributed by atoms with Gasteiger partial charge in [0.05, 0.1) is 11.4 Å². The number of fused-ring (bicyclic) bond motifs is 1. The molecule has 3 aliphatic heterocycles. The average Bonchev–Trinajstić information content (AvgIpc) is 2.42. The zero-order valence-corrected chi connectivity index (χ0v) is 8.10. The van der Waals surface area contributed by atoms with E-state index < -0.39 is 15.4 Å². The molecule has 0 aromatic heterocycles. The predicted molar refractivity (Wildman–Crippen MR) is 47.8 cm³/mol. The van der Waals surface area contributed by atoms with Crippen LogP contribution in [0.2, 0.25) is 0 Å². The van der Waals surface area contributed by atoms with Crippen molar-refractivity contribution in [2.24, 2.45) is 0 Å². The maximum atomic E-state index is 11.3. The van der Waals surface area contributed by atoms with Crippen molar-refractivity contribution < 1.29 is 13.2 Å². The quantitative estimate of drug-likeness (QED) is 0.540. The van der Waals surface area contributed by atoms with Gasteiger partial charge in [0.2, 0.25) is 0 Å². The lowest BCUT2D eigenvalue weighted by molar-refractivity contribution is -0.0000542. The molecule has 3 rings (SSSR count). The fourth-order valence-electron chi connectivity index (χ4n) is 2.46. The van der Waals surface area contributed by atoms with Crippen LogP contribution in [0.5, 0.6) is 0 Å². The van der Waals surface area contributed by atoms with Crippen molar-refractivity contribution in [1.82, 2.24) is 0 Å². The number of sulfone groups is 1. The van der Waals surface area contributed by atoms with Crippen LogP contribution in [0.4, 0.5) is 0 Å². The smallest absolute Gasteiger partial charge is 0.175 e. The lowest BCUT2D eigenvalue weighted by Crippen LogP contribution is -2.29. The van der Waals surface area contributed by atoms with Crippen molar-refractivity contribution in [2.75, 3.05) is 5.75 Å². The van der Waals surface area contributed by atoms with Gasteiger partial charge in [-0.1, -0.05) is 6.08 Å². The van der Waals surface area contributed by atoms with E-state index in [2.05, 4.69) is 0 Å². The summed E-state index contributed by atoms with van der Waals surface area (Å²) in [7, 11) is -3.01. The predicted octanol–water partition coefficient (Wildman–Crippen LogP) is 0.786. The molecular weight excluding hydrogens is 188 g/mol. The molecule has 0 aliphatic carbocycles. The van der Waals surface area contributed by atoms with E-state index in [0.717, 1.165) is 12.0 Å². The van der Waals surface area contributed by atoms with E-state index in [-0.39, 0.29) is 11.4 Å². The second kappa shape index (κ2) is 1.77. The molecule has 0 aromatic carbocycles. The molecular formula is C9H10O3S. The summed E-state index contributed by atoms with van der Waals surface area (Å²) in [6.07, 6.45) is 4.60. The molecule has 70 valence electrons. The minimum absolute atomic E-state index is 0.0986. The molecule has 3 heterocycles. The molecule has 2 bridgehead atoms. The Hall–Kier alpha value is -0.610. The Balaban J connectivity index is 2.21. The van der Waals surface area contributed by atoms with E-state index in [4.69, 9.17) is 4.74 Å². The van der Waals surface area contributed by atoms with E-state index >= 15 is 0 Å². The highest BCUT2D eigenvalue weighted by Crippen LogP contribution is 2.52. The van der Waals surface area contributed by atoms with E-state index in [1.54, 1.807) is 0 Å². The fourth-order valence-corrected chi connectivity index (χ4v) is 4.20. The van der Waals surface area contributed by atoms with Gasteiger partial charge in [-0.05, 0) is 18.6 Å². The zero-order valence-electron chi connectivity index (χ0n) is 7.28. The second-order valence-electron chi connectivity index (χ2n) is 4.26. The zero-order chi connectivity index (χ0) is 9.32. The summed E-state index contributed by atoms with van der Waals surface area (Å²) in [5.41, 5.74) is 0.0903. The molecule has 2 unspecified atom stereocenters. The summed E-state index contributed by atoms with van der Waals surface area (Å²) in [5.74, 6) is 0.0986. The molecule has 1 saturated heterocycles. The molecule has 3 nitrogen and oxygen atoms in total. The Labute approximate surface area is 77.0 Å². The van der Waals surface area contributed by atoms with Gasteiger partial charge in [0.1, 0.15) is 5.60 Å². The summed E-state index contributed by atoms with van der Waals surface area (Å²) in [4.78, 5) is 0. The van der Waals surface area contributed by atoms with Crippen molar-refractivity contribution in [1.29, 1.82) is 0 Å². The largest absolute Gasteiger partial charge is 0.355 e. The van der Waals surface area contributed by atoms with Crippen LogP contribution in [0.3, 0.4) is 0 Å². The Morgan fingerprint density at radius 3 is 2.85 bits per heavy atom. The number of rotatable bonds is 0. The van der Waals surface area contributed by atoms with Crippen LogP contribution in [-0.2, 0) is 14.6 Å². The summed E-state index contributed by atoms with van der Waals surface area (Å²) in [6.45, 7) is 1.99. The minimum Gasteiger partial charge on any atom is -0.355 e. The van der Waals surface area contributed by atoms with Crippen molar-refractivity contribution in [2.45, 2.75) is 24.5 Å². The third kappa shape index (κ3) is 0.849. The Morgan fingerprint density at radius 1 is 1.46 bits per heavy atom. The van der Waals surface area contributed by atoms with Gasteiger partial charge in [0.25, 0.3) is 0 Å². The molecule has 1 fully saturated rings. The first-order valence-corrected chi connectivity index (χ1v) is 5.99. The van der Waals surface area contributed by atoms with E-state index in [0.29, 0.717) is 0 Å². The van der Waals surface area contributed by atoms with Crippen LogP contribution < -0.4 is 0 Å². The van der Waals surface area contributed by atoms with Gasteiger partial charge >= 0.3 is 0 Å². The molecule has 0 aromatic rings. The SMILES string of the molecule is CC12C=CC3(CS(=O)(=O)C=C3C1)O2. The molecule has 4 heteroatoms. The highest BCUT2D eigenvalue weighted by atomic mass is 32.2. The van der Waals surface area contributed by atoms with Gasteiger partial charge < -0.3 is 4.74 Å². The van der Waals surface area contributed by atoms with E-state index in [1.165, 1.54) is 5.41 Å². The van der Waals surface area contributed by atoms with Gasteiger partial charge in [-0.15, -0.1) is 0 Å². The summed E-state index contributed by atoms with van der Waals surface area (Å²) in [6, 6.07) is 0.